The second kappa shape index (κ2) is 9.20. The maximum Gasteiger partial charge on any atom is 0.264 e. The first-order valence-corrected chi connectivity index (χ1v) is 11.0. The number of carbonyl (C=O) groups excluding carboxylic acids is 2. The Morgan fingerprint density at radius 2 is 1.55 bits per heavy atom. The fourth-order valence-corrected chi connectivity index (χ4v) is 4.23. The number of nitrogens with one attached hydrogen (secondary N) is 2. The van der Waals surface area contributed by atoms with Gasteiger partial charge < -0.3 is 10.6 Å². The molecule has 0 unspecified atom stereocenters. The molecule has 0 bridgehead atoms. The van der Waals surface area contributed by atoms with Crippen LogP contribution in [0.5, 0.6) is 0 Å². The molecule has 0 radical (unpaired) electrons. The van der Waals surface area contributed by atoms with E-state index in [0.717, 1.165) is 0 Å². The minimum Gasteiger partial charge on any atom is -0.355 e. The number of sulfonamides is 1. The van der Waals surface area contributed by atoms with Gasteiger partial charge in [0.05, 0.1) is 21.2 Å². The third-order valence-electron chi connectivity index (χ3n) is 4.59. The molecule has 3 aromatic carbocycles. The highest BCUT2D eigenvalue weighted by molar-refractivity contribution is 7.92. The molecular formula is C22H20ClN3O4S. The average molecular weight is 458 g/mol. The van der Waals surface area contributed by atoms with Gasteiger partial charge in [-0.25, -0.2) is 8.42 Å². The number of amides is 2. The molecule has 0 heterocycles. The SMILES string of the molecule is CNC(=O)c1cc(NC(=O)c2ccc(S(=O)(=O)N(C)c3ccccc3)cc2)ccc1Cl. The van der Waals surface area contributed by atoms with Crippen molar-refractivity contribution in [1.29, 1.82) is 0 Å². The fourth-order valence-electron chi connectivity index (χ4n) is 2.83. The highest BCUT2D eigenvalue weighted by atomic mass is 35.5. The van der Waals surface area contributed by atoms with Crippen LogP contribution in [0.2, 0.25) is 5.02 Å². The van der Waals surface area contributed by atoms with Crippen molar-refractivity contribution in [3.63, 3.8) is 0 Å². The molecule has 0 aliphatic carbocycles. The van der Waals surface area contributed by atoms with Gasteiger partial charge >= 0.3 is 0 Å². The molecule has 160 valence electrons. The number of hydrogen-bond acceptors (Lipinski definition) is 4. The minimum absolute atomic E-state index is 0.0591. The van der Waals surface area contributed by atoms with E-state index >= 15 is 0 Å². The largest absolute Gasteiger partial charge is 0.355 e. The van der Waals surface area contributed by atoms with E-state index in [4.69, 9.17) is 11.6 Å². The first-order valence-electron chi connectivity index (χ1n) is 9.21. The van der Waals surface area contributed by atoms with Crippen molar-refractivity contribution in [2.45, 2.75) is 4.90 Å². The first kappa shape index (κ1) is 22.3. The van der Waals surface area contributed by atoms with Crippen LogP contribution in [0, 0.1) is 0 Å². The zero-order valence-corrected chi connectivity index (χ0v) is 18.4. The Balaban J connectivity index is 1.79. The third-order valence-corrected chi connectivity index (χ3v) is 6.72. The summed E-state index contributed by atoms with van der Waals surface area (Å²) in [7, 11) is -0.825. The molecule has 2 amide bonds. The van der Waals surface area contributed by atoms with Crippen LogP contribution in [0.3, 0.4) is 0 Å². The minimum atomic E-state index is -3.77. The molecule has 3 rings (SSSR count). The molecule has 0 saturated heterocycles. The number of anilines is 2. The lowest BCUT2D eigenvalue weighted by Crippen LogP contribution is -2.26. The Kier molecular flexibility index (Phi) is 6.62. The lowest BCUT2D eigenvalue weighted by molar-refractivity contribution is 0.0961. The molecule has 9 heteroatoms. The highest BCUT2D eigenvalue weighted by Gasteiger charge is 2.21. The van der Waals surface area contributed by atoms with E-state index in [1.165, 1.54) is 54.8 Å². The smallest absolute Gasteiger partial charge is 0.264 e. The van der Waals surface area contributed by atoms with E-state index in [1.54, 1.807) is 36.4 Å². The second-order valence-corrected chi connectivity index (χ2v) is 8.94. The molecule has 31 heavy (non-hydrogen) atoms. The quantitative estimate of drug-likeness (QED) is 0.588. The van der Waals surface area contributed by atoms with Crippen LogP contribution in [0.25, 0.3) is 0 Å². The van der Waals surface area contributed by atoms with Crippen molar-refractivity contribution < 1.29 is 18.0 Å². The van der Waals surface area contributed by atoms with Crippen molar-refractivity contribution >= 4 is 44.8 Å². The lowest BCUT2D eigenvalue weighted by atomic mass is 10.1. The molecule has 2 N–H and O–H groups in total. The van der Waals surface area contributed by atoms with Crippen molar-refractivity contribution in [2.75, 3.05) is 23.7 Å². The van der Waals surface area contributed by atoms with Gasteiger partial charge in [0.2, 0.25) is 0 Å². The standard InChI is InChI=1S/C22H20ClN3O4S/c1-24-22(28)19-14-16(10-13-20(19)23)25-21(27)15-8-11-18(12-9-15)31(29,30)26(2)17-6-4-3-5-7-17/h3-14H,1-2H3,(H,24,28)(H,25,27). The molecule has 0 atom stereocenters. The molecule has 0 aromatic heterocycles. The average Bonchev–Trinajstić information content (AvgIpc) is 2.79. The van der Waals surface area contributed by atoms with Crippen LogP contribution in [0.4, 0.5) is 11.4 Å². The van der Waals surface area contributed by atoms with Crippen LogP contribution < -0.4 is 14.9 Å². The number of para-hydroxylation sites is 1. The normalized spacial score (nSPS) is 10.9. The van der Waals surface area contributed by atoms with Crippen molar-refractivity contribution in [2.24, 2.45) is 0 Å². The van der Waals surface area contributed by atoms with E-state index in [9.17, 15) is 18.0 Å². The van der Waals surface area contributed by atoms with Gasteiger partial charge in [-0.05, 0) is 54.6 Å². The van der Waals surface area contributed by atoms with Gasteiger partial charge in [0.15, 0.2) is 0 Å². The number of carbonyl (C=O) groups is 2. The van der Waals surface area contributed by atoms with Gasteiger partial charge in [0.1, 0.15) is 0 Å². The maximum atomic E-state index is 12.8. The van der Waals surface area contributed by atoms with Crippen LogP contribution in [0.1, 0.15) is 20.7 Å². The number of nitrogens with zero attached hydrogens (tertiary/aromatic N) is 1. The van der Waals surface area contributed by atoms with Gasteiger partial charge in [-0.3, -0.25) is 13.9 Å². The molecule has 0 aliphatic rings. The highest BCUT2D eigenvalue weighted by Crippen LogP contribution is 2.23. The lowest BCUT2D eigenvalue weighted by Gasteiger charge is -2.19. The van der Waals surface area contributed by atoms with Gasteiger partial charge in [-0.15, -0.1) is 0 Å². The van der Waals surface area contributed by atoms with Crippen LogP contribution in [-0.2, 0) is 10.0 Å². The fraction of sp³-hybridized carbons (Fsp3) is 0.0909. The second-order valence-electron chi connectivity index (χ2n) is 6.56. The molecule has 0 fully saturated rings. The van der Waals surface area contributed by atoms with E-state index in [-0.39, 0.29) is 27.0 Å². The molecule has 0 spiro atoms. The molecule has 3 aromatic rings. The summed E-state index contributed by atoms with van der Waals surface area (Å²) in [5.74, 6) is -0.830. The van der Waals surface area contributed by atoms with E-state index in [1.807, 2.05) is 0 Å². The Morgan fingerprint density at radius 3 is 2.16 bits per heavy atom. The van der Waals surface area contributed by atoms with Crippen LogP contribution >= 0.6 is 11.6 Å². The van der Waals surface area contributed by atoms with Crippen LogP contribution in [0.15, 0.2) is 77.7 Å². The maximum absolute atomic E-state index is 12.8. The summed E-state index contributed by atoms with van der Waals surface area (Å²) >= 11 is 6.02. The van der Waals surface area contributed by atoms with Crippen molar-refractivity contribution in [3.8, 4) is 0 Å². The molecule has 0 aliphatic heterocycles. The van der Waals surface area contributed by atoms with Crippen molar-refractivity contribution in [3.05, 3.63) is 88.9 Å². The molecular weight excluding hydrogens is 438 g/mol. The monoisotopic (exact) mass is 457 g/mol. The van der Waals surface area contributed by atoms with E-state index < -0.39 is 15.9 Å². The Morgan fingerprint density at radius 1 is 0.903 bits per heavy atom. The molecule has 0 saturated carbocycles. The summed E-state index contributed by atoms with van der Waals surface area (Å²) in [6, 6.07) is 18.8. The van der Waals surface area contributed by atoms with Gasteiger partial charge in [-0.1, -0.05) is 29.8 Å². The van der Waals surface area contributed by atoms with Gasteiger partial charge in [0, 0.05) is 25.3 Å². The topological polar surface area (TPSA) is 95.6 Å². The zero-order valence-electron chi connectivity index (χ0n) is 16.8. The number of benzene rings is 3. The summed E-state index contributed by atoms with van der Waals surface area (Å²) < 4.78 is 26.9. The summed E-state index contributed by atoms with van der Waals surface area (Å²) in [5.41, 5.74) is 1.40. The van der Waals surface area contributed by atoms with Gasteiger partial charge in [0.25, 0.3) is 21.8 Å². The van der Waals surface area contributed by atoms with Crippen molar-refractivity contribution in [1.82, 2.24) is 5.32 Å². The first-order chi connectivity index (χ1) is 14.7. The van der Waals surface area contributed by atoms with Gasteiger partial charge in [-0.2, -0.15) is 0 Å². The summed E-state index contributed by atoms with van der Waals surface area (Å²) in [6.45, 7) is 0. The predicted molar refractivity (Wildman–Crippen MR) is 121 cm³/mol. The summed E-state index contributed by atoms with van der Waals surface area (Å²) in [4.78, 5) is 24.5. The number of halogens is 1. The zero-order chi connectivity index (χ0) is 22.6. The van der Waals surface area contributed by atoms with E-state index in [2.05, 4.69) is 10.6 Å². The van der Waals surface area contributed by atoms with E-state index in [0.29, 0.717) is 11.4 Å². The third kappa shape index (κ3) is 4.87. The summed E-state index contributed by atoms with van der Waals surface area (Å²) in [6.07, 6.45) is 0. The van der Waals surface area contributed by atoms with Crippen LogP contribution in [-0.4, -0.2) is 34.3 Å². The Labute approximate surface area is 185 Å². The number of hydrogen-bond donors (Lipinski definition) is 2. The molecule has 7 nitrogen and oxygen atoms in total. The Bertz CT molecular complexity index is 1210. The summed E-state index contributed by atoms with van der Waals surface area (Å²) in [5, 5.41) is 5.41. The Hall–Kier alpha value is -3.36. The predicted octanol–water partition coefficient (Wildman–Crippen LogP) is 3.78. The number of rotatable bonds is 6.